The molecule has 2 N–H and O–H groups in total. The van der Waals surface area contributed by atoms with Gasteiger partial charge < -0.3 is 20.3 Å². The van der Waals surface area contributed by atoms with Crippen LogP contribution in [-0.4, -0.2) is 46.0 Å². The first-order valence-electron chi connectivity index (χ1n) is 12.0. The van der Waals surface area contributed by atoms with Crippen molar-refractivity contribution in [3.8, 4) is 0 Å². The van der Waals surface area contributed by atoms with Crippen LogP contribution in [0.25, 0.3) is 6.08 Å². The summed E-state index contributed by atoms with van der Waals surface area (Å²) in [6.07, 6.45) is 2.68. The monoisotopic (exact) mass is 471 g/mol. The molecule has 1 fully saturated rings. The number of ether oxygens (including phenoxy) is 1. The van der Waals surface area contributed by atoms with Gasteiger partial charge in [0.15, 0.2) is 0 Å². The highest BCUT2D eigenvalue weighted by Crippen LogP contribution is 2.36. The van der Waals surface area contributed by atoms with Gasteiger partial charge >= 0.3 is 6.09 Å². The minimum Gasteiger partial charge on any atom is -0.444 e. The molecule has 1 saturated carbocycles. The maximum atomic E-state index is 14.0. The van der Waals surface area contributed by atoms with Gasteiger partial charge in [0.25, 0.3) is 0 Å². The van der Waals surface area contributed by atoms with Crippen molar-refractivity contribution in [2.45, 2.75) is 97.5 Å². The maximum Gasteiger partial charge on any atom is 0.408 e. The van der Waals surface area contributed by atoms with Gasteiger partial charge in [-0.2, -0.15) is 0 Å². The Morgan fingerprint density at radius 2 is 1.74 bits per heavy atom. The number of hydrogen-bond acceptors (Lipinski definition) is 4. The van der Waals surface area contributed by atoms with Gasteiger partial charge in [0, 0.05) is 11.6 Å². The zero-order valence-corrected chi connectivity index (χ0v) is 21.9. The third-order valence-electron chi connectivity index (χ3n) is 5.29. The fourth-order valence-electron chi connectivity index (χ4n) is 3.71. The van der Waals surface area contributed by atoms with Crippen LogP contribution in [0.4, 0.5) is 4.79 Å². The van der Waals surface area contributed by atoms with Gasteiger partial charge in [-0.15, -0.1) is 0 Å². The minimum atomic E-state index is -0.833. The van der Waals surface area contributed by atoms with Crippen molar-refractivity contribution in [3.63, 3.8) is 0 Å². The van der Waals surface area contributed by atoms with E-state index in [2.05, 4.69) is 17.2 Å². The first kappa shape index (κ1) is 27.4. The zero-order valence-electron chi connectivity index (χ0n) is 21.9. The van der Waals surface area contributed by atoms with Crippen molar-refractivity contribution in [1.82, 2.24) is 15.5 Å². The van der Waals surface area contributed by atoms with Crippen molar-refractivity contribution >= 4 is 24.0 Å². The molecule has 0 heterocycles. The van der Waals surface area contributed by atoms with Crippen LogP contribution in [0, 0.1) is 5.92 Å². The molecule has 0 spiro atoms. The van der Waals surface area contributed by atoms with E-state index in [-0.39, 0.29) is 23.8 Å². The Hall–Kier alpha value is -2.83. The highest BCUT2D eigenvalue weighted by molar-refractivity contribution is 5.93. The summed E-state index contributed by atoms with van der Waals surface area (Å²) in [7, 11) is 0. The second-order valence-electron chi connectivity index (χ2n) is 11.4. The van der Waals surface area contributed by atoms with Gasteiger partial charge in [-0.1, -0.05) is 44.7 Å². The Kier molecular flexibility index (Phi) is 8.56. The molecule has 3 amide bonds. The number of benzene rings is 1. The Labute approximate surface area is 204 Å². The summed E-state index contributed by atoms with van der Waals surface area (Å²) in [5.41, 5.74) is 0.404. The van der Waals surface area contributed by atoms with E-state index in [0.29, 0.717) is 5.56 Å². The standard InChI is InChI=1S/C27H41N3O4/c1-10-18-12-11-13-19(16-18)22(23(31)29-26(4,5)6)30(20-14-15-20)24(32)21(17(2)3)28-25(33)34-27(7,8)9/h10-13,16-17,20-22H,1,14-15H2,2-9H3,(H,28,33)(H,29,31). The Bertz CT molecular complexity index is 907. The predicted molar refractivity (Wildman–Crippen MR) is 135 cm³/mol. The molecule has 0 aromatic heterocycles. The molecule has 0 radical (unpaired) electrons. The van der Waals surface area contributed by atoms with Crippen LogP contribution in [-0.2, 0) is 14.3 Å². The fraction of sp³-hybridized carbons (Fsp3) is 0.593. The topological polar surface area (TPSA) is 87.7 Å². The molecular formula is C27H41N3O4. The molecule has 1 aromatic carbocycles. The number of carbonyl (C=O) groups is 3. The van der Waals surface area contributed by atoms with E-state index in [9.17, 15) is 14.4 Å². The summed E-state index contributed by atoms with van der Waals surface area (Å²) in [5.74, 6) is -0.748. The molecule has 1 aromatic rings. The van der Waals surface area contributed by atoms with Crippen LogP contribution >= 0.6 is 0 Å². The number of nitrogens with zero attached hydrogens (tertiary/aromatic N) is 1. The molecule has 188 valence electrons. The average Bonchev–Trinajstić information content (AvgIpc) is 3.51. The number of carbonyl (C=O) groups excluding carboxylic acids is 3. The second-order valence-corrected chi connectivity index (χ2v) is 11.4. The van der Waals surface area contributed by atoms with Gasteiger partial charge in [-0.25, -0.2) is 4.79 Å². The number of rotatable bonds is 8. The van der Waals surface area contributed by atoms with Gasteiger partial charge in [0.1, 0.15) is 17.7 Å². The van der Waals surface area contributed by atoms with Crippen LogP contribution < -0.4 is 10.6 Å². The Balaban J connectivity index is 2.48. The highest BCUT2D eigenvalue weighted by atomic mass is 16.6. The van der Waals surface area contributed by atoms with Crippen molar-refractivity contribution in [2.75, 3.05) is 0 Å². The molecular weight excluding hydrogens is 430 g/mol. The second kappa shape index (κ2) is 10.6. The van der Waals surface area contributed by atoms with E-state index in [1.54, 1.807) is 31.7 Å². The Morgan fingerprint density at radius 3 is 2.21 bits per heavy atom. The van der Waals surface area contributed by atoms with Gasteiger partial charge in [0.2, 0.25) is 11.8 Å². The van der Waals surface area contributed by atoms with Crippen molar-refractivity contribution in [1.29, 1.82) is 0 Å². The summed E-state index contributed by atoms with van der Waals surface area (Å²) < 4.78 is 5.40. The molecule has 0 saturated heterocycles. The fourth-order valence-corrected chi connectivity index (χ4v) is 3.71. The molecule has 34 heavy (non-hydrogen) atoms. The molecule has 1 aliphatic carbocycles. The molecule has 7 heteroatoms. The van der Waals surface area contributed by atoms with Crippen molar-refractivity contribution in [3.05, 3.63) is 42.0 Å². The van der Waals surface area contributed by atoms with Crippen molar-refractivity contribution < 1.29 is 19.1 Å². The Morgan fingerprint density at radius 1 is 1.12 bits per heavy atom. The number of alkyl carbamates (subject to hydrolysis) is 1. The first-order chi connectivity index (χ1) is 15.6. The highest BCUT2D eigenvalue weighted by Gasteiger charge is 2.45. The lowest BCUT2D eigenvalue weighted by molar-refractivity contribution is -0.144. The van der Waals surface area contributed by atoms with Crippen LogP contribution in [0.2, 0.25) is 0 Å². The summed E-state index contributed by atoms with van der Waals surface area (Å²) in [4.78, 5) is 41.8. The molecule has 1 aliphatic rings. The number of amides is 3. The number of nitrogens with one attached hydrogen (secondary N) is 2. The molecule has 7 nitrogen and oxygen atoms in total. The lowest BCUT2D eigenvalue weighted by atomic mass is 9.96. The maximum absolute atomic E-state index is 14.0. The van der Waals surface area contributed by atoms with Gasteiger partial charge in [0.05, 0.1) is 0 Å². The molecule has 0 bridgehead atoms. The third kappa shape index (κ3) is 7.89. The SMILES string of the molecule is C=Cc1cccc(C(C(=O)NC(C)(C)C)N(C(=O)C(NC(=O)OC(C)(C)C)C(C)C)C2CC2)c1. The summed E-state index contributed by atoms with van der Waals surface area (Å²) in [6.45, 7) is 18.6. The van der Waals surface area contributed by atoms with Crippen LogP contribution in [0.1, 0.15) is 85.4 Å². The molecule has 2 atom stereocenters. The smallest absolute Gasteiger partial charge is 0.408 e. The van der Waals surface area contributed by atoms with Gasteiger partial charge in [-0.3, -0.25) is 9.59 Å². The summed E-state index contributed by atoms with van der Waals surface area (Å²) in [6, 6.07) is 5.77. The average molecular weight is 472 g/mol. The van der Waals surface area contributed by atoms with E-state index in [1.807, 2.05) is 58.9 Å². The predicted octanol–water partition coefficient (Wildman–Crippen LogP) is 4.83. The number of hydrogen-bond donors (Lipinski definition) is 2. The largest absolute Gasteiger partial charge is 0.444 e. The van der Waals surface area contributed by atoms with E-state index >= 15 is 0 Å². The van der Waals surface area contributed by atoms with Gasteiger partial charge in [-0.05, 0) is 77.5 Å². The molecule has 0 aliphatic heterocycles. The summed E-state index contributed by atoms with van der Waals surface area (Å²) in [5, 5.41) is 5.79. The lowest BCUT2D eigenvalue weighted by Gasteiger charge is -2.37. The zero-order chi connectivity index (χ0) is 25.8. The van der Waals surface area contributed by atoms with Crippen LogP contribution in [0.3, 0.4) is 0 Å². The third-order valence-corrected chi connectivity index (χ3v) is 5.29. The van der Waals surface area contributed by atoms with Crippen molar-refractivity contribution in [2.24, 2.45) is 5.92 Å². The summed E-state index contributed by atoms with van der Waals surface area (Å²) >= 11 is 0. The van der Waals surface area contributed by atoms with Crippen LogP contribution in [0.5, 0.6) is 0 Å². The van der Waals surface area contributed by atoms with E-state index in [4.69, 9.17) is 4.74 Å². The lowest BCUT2D eigenvalue weighted by Crippen LogP contribution is -2.56. The normalized spacial score (nSPS) is 15.8. The molecule has 2 unspecified atom stereocenters. The minimum absolute atomic E-state index is 0.0720. The van der Waals surface area contributed by atoms with E-state index in [1.165, 1.54) is 0 Å². The van der Waals surface area contributed by atoms with Crippen LogP contribution in [0.15, 0.2) is 30.8 Å². The van der Waals surface area contributed by atoms with E-state index in [0.717, 1.165) is 18.4 Å². The van der Waals surface area contributed by atoms with E-state index < -0.39 is 29.3 Å². The molecule has 2 rings (SSSR count). The first-order valence-corrected chi connectivity index (χ1v) is 12.0. The quantitative estimate of drug-likeness (QED) is 0.569.